The molecule has 198 valence electrons. The first-order valence-corrected chi connectivity index (χ1v) is 13.1. The van der Waals surface area contributed by atoms with Gasteiger partial charge in [0, 0.05) is 36.8 Å². The number of pyridine rings is 1. The summed E-state index contributed by atoms with van der Waals surface area (Å²) in [5.41, 5.74) is 5.17. The summed E-state index contributed by atoms with van der Waals surface area (Å²) < 4.78 is 20.0. The number of carbonyl (C=O) groups is 2. The Labute approximate surface area is 226 Å². The molecule has 4 aromatic rings. The monoisotopic (exact) mass is 524 g/mol. The third-order valence-corrected chi connectivity index (χ3v) is 7.46. The summed E-state index contributed by atoms with van der Waals surface area (Å²) in [6, 6.07) is 16.2. The highest BCUT2D eigenvalue weighted by atomic mass is 19.1. The van der Waals surface area contributed by atoms with Crippen LogP contribution in [0.15, 0.2) is 60.8 Å². The second-order valence-corrected chi connectivity index (χ2v) is 10.3. The molecule has 0 aliphatic carbocycles. The summed E-state index contributed by atoms with van der Waals surface area (Å²) in [6.07, 6.45) is 3.77. The summed E-state index contributed by atoms with van der Waals surface area (Å²) in [4.78, 5) is 32.9. The van der Waals surface area contributed by atoms with Gasteiger partial charge in [0.05, 0.1) is 16.6 Å². The number of hydrogen-bond donors (Lipinski definition) is 2. The molecule has 6 rings (SSSR count). The predicted molar refractivity (Wildman–Crippen MR) is 148 cm³/mol. The Morgan fingerprint density at radius 1 is 1.08 bits per heavy atom. The lowest BCUT2D eigenvalue weighted by Gasteiger charge is -2.24. The lowest BCUT2D eigenvalue weighted by molar-refractivity contribution is 0.0785. The number of benzene rings is 3. The first kappa shape index (κ1) is 25.0. The highest BCUT2D eigenvalue weighted by molar-refractivity contribution is 6.12. The Balaban J connectivity index is 1.51. The van der Waals surface area contributed by atoms with E-state index in [9.17, 15) is 14.0 Å². The van der Waals surface area contributed by atoms with Crippen LogP contribution in [0.1, 0.15) is 39.1 Å². The van der Waals surface area contributed by atoms with Crippen molar-refractivity contribution in [2.75, 3.05) is 26.9 Å². The number of ether oxygens (including phenoxy) is 1. The van der Waals surface area contributed by atoms with E-state index in [1.807, 2.05) is 37.3 Å². The van der Waals surface area contributed by atoms with Crippen molar-refractivity contribution >= 4 is 22.7 Å². The van der Waals surface area contributed by atoms with E-state index in [0.717, 1.165) is 36.1 Å². The Kier molecular flexibility index (Phi) is 6.48. The molecular weight excluding hydrogens is 495 g/mol. The van der Waals surface area contributed by atoms with Gasteiger partial charge in [-0.05, 0) is 85.0 Å². The molecule has 7 nitrogen and oxygen atoms in total. The summed E-state index contributed by atoms with van der Waals surface area (Å²) >= 11 is 0. The highest BCUT2D eigenvalue weighted by Gasteiger charge is 2.25. The zero-order valence-corrected chi connectivity index (χ0v) is 21.9. The zero-order valence-electron chi connectivity index (χ0n) is 21.9. The third-order valence-electron chi connectivity index (χ3n) is 7.46. The van der Waals surface area contributed by atoms with E-state index in [1.165, 1.54) is 12.1 Å². The maximum absolute atomic E-state index is 14.5. The fourth-order valence-corrected chi connectivity index (χ4v) is 5.52. The molecule has 1 saturated heterocycles. The van der Waals surface area contributed by atoms with Gasteiger partial charge in [-0.3, -0.25) is 14.6 Å². The van der Waals surface area contributed by atoms with Crippen LogP contribution in [-0.4, -0.2) is 54.6 Å². The zero-order chi connectivity index (χ0) is 27.1. The molecule has 3 aromatic carbocycles. The van der Waals surface area contributed by atoms with E-state index < -0.39 is 0 Å². The molecule has 1 atom stereocenters. The first-order chi connectivity index (χ1) is 18.9. The minimum atomic E-state index is -0.365. The molecule has 0 unspecified atom stereocenters. The molecule has 39 heavy (non-hydrogen) atoms. The number of halogens is 1. The summed E-state index contributed by atoms with van der Waals surface area (Å²) in [5.74, 6) is -0.173. The van der Waals surface area contributed by atoms with Crippen molar-refractivity contribution in [3.8, 4) is 28.0 Å². The van der Waals surface area contributed by atoms with Gasteiger partial charge in [0.1, 0.15) is 11.6 Å². The fraction of sp³-hybridized carbons (Fsp3) is 0.258. The van der Waals surface area contributed by atoms with Crippen LogP contribution in [-0.2, 0) is 0 Å². The molecule has 1 aromatic heterocycles. The lowest BCUT2D eigenvalue weighted by Crippen LogP contribution is -2.38. The number of aromatic nitrogens is 1. The first-order valence-electron chi connectivity index (χ1n) is 13.1. The number of rotatable bonds is 5. The smallest absolute Gasteiger partial charge is 0.257 e. The second-order valence-electron chi connectivity index (χ2n) is 10.3. The number of hydrogen-bond acceptors (Lipinski definition) is 5. The number of nitrogens with zero attached hydrogens (tertiary/aromatic N) is 2. The van der Waals surface area contributed by atoms with Crippen molar-refractivity contribution in [1.82, 2.24) is 20.5 Å². The van der Waals surface area contributed by atoms with E-state index in [1.54, 1.807) is 30.3 Å². The number of carbonyl (C=O) groups excluding carboxylic acids is 2. The van der Waals surface area contributed by atoms with Crippen molar-refractivity contribution in [1.29, 1.82) is 0 Å². The van der Waals surface area contributed by atoms with E-state index in [2.05, 4.69) is 15.6 Å². The average Bonchev–Trinajstić information content (AvgIpc) is 3.44. The Hall–Kier alpha value is -4.30. The van der Waals surface area contributed by atoms with Gasteiger partial charge in [0.15, 0.2) is 6.73 Å². The SMILES string of the molecule is Cc1cc(F)cc(-c2cnc3ccc(-c4ccc5c(c4)C(=O)NCO5)cc3c2C(=O)N(C)C[C@@H]2CCCN2)c1. The lowest BCUT2D eigenvalue weighted by atomic mass is 9.93. The number of amides is 2. The molecule has 1 fully saturated rings. The third kappa shape index (κ3) is 4.83. The Morgan fingerprint density at radius 2 is 1.90 bits per heavy atom. The maximum atomic E-state index is 14.5. The maximum Gasteiger partial charge on any atom is 0.257 e. The molecule has 2 amide bonds. The molecule has 0 bridgehead atoms. The minimum Gasteiger partial charge on any atom is -0.472 e. The summed E-state index contributed by atoms with van der Waals surface area (Å²) in [5, 5.41) is 6.81. The van der Waals surface area contributed by atoms with Crippen LogP contribution >= 0.6 is 0 Å². The number of aryl methyl sites for hydroxylation is 1. The van der Waals surface area contributed by atoms with E-state index in [-0.39, 0.29) is 30.4 Å². The summed E-state index contributed by atoms with van der Waals surface area (Å²) in [6.45, 7) is 3.49. The molecule has 0 spiro atoms. The highest BCUT2D eigenvalue weighted by Crippen LogP contribution is 2.35. The van der Waals surface area contributed by atoms with Gasteiger partial charge in [-0.1, -0.05) is 18.2 Å². The molecule has 8 heteroatoms. The average molecular weight is 525 g/mol. The predicted octanol–water partition coefficient (Wildman–Crippen LogP) is 4.92. The van der Waals surface area contributed by atoms with Gasteiger partial charge >= 0.3 is 0 Å². The van der Waals surface area contributed by atoms with Gasteiger partial charge in [-0.25, -0.2) is 4.39 Å². The van der Waals surface area contributed by atoms with Gasteiger partial charge < -0.3 is 20.3 Å². The molecular formula is C31H29FN4O3. The standard InChI is InChI=1S/C31H29FN4O3/c1-18-10-21(12-22(32)11-18)26-15-34-27-7-5-19(20-6-8-28-25(14-20)30(37)35-17-39-28)13-24(27)29(26)31(38)36(2)16-23-4-3-9-33-23/h5-8,10-15,23,33H,3-4,9,16-17H2,1-2H3,(H,35,37)/t23-/m0/s1. The van der Waals surface area contributed by atoms with Crippen LogP contribution in [0, 0.1) is 12.7 Å². The molecule has 3 heterocycles. The van der Waals surface area contributed by atoms with Crippen molar-refractivity contribution in [3.05, 3.63) is 83.3 Å². The topological polar surface area (TPSA) is 83.6 Å². The van der Waals surface area contributed by atoms with Gasteiger partial charge in [0.2, 0.25) is 0 Å². The van der Waals surface area contributed by atoms with Crippen molar-refractivity contribution in [2.24, 2.45) is 0 Å². The largest absolute Gasteiger partial charge is 0.472 e. The van der Waals surface area contributed by atoms with Crippen LogP contribution in [0.25, 0.3) is 33.2 Å². The normalized spacial score (nSPS) is 16.5. The molecule has 0 radical (unpaired) electrons. The van der Waals surface area contributed by atoms with Crippen LogP contribution < -0.4 is 15.4 Å². The summed E-state index contributed by atoms with van der Waals surface area (Å²) in [7, 11) is 1.81. The number of nitrogens with one attached hydrogen (secondary N) is 2. The molecule has 2 aliphatic heterocycles. The van der Waals surface area contributed by atoms with Crippen molar-refractivity contribution in [3.63, 3.8) is 0 Å². The minimum absolute atomic E-state index is 0.143. The van der Waals surface area contributed by atoms with Crippen molar-refractivity contribution < 1.29 is 18.7 Å². The van der Waals surface area contributed by atoms with Gasteiger partial charge in [-0.2, -0.15) is 0 Å². The Bertz CT molecular complexity index is 1590. The van der Waals surface area contributed by atoms with Crippen LogP contribution in [0.4, 0.5) is 4.39 Å². The Morgan fingerprint density at radius 3 is 2.69 bits per heavy atom. The second kappa shape index (κ2) is 10.1. The quantitative estimate of drug-likeness (QED) is 0.387. The van der Waals surface area contributed by atoms with E-state index in [4.69, 9.17) is 4.74 Å². The number of likely N-dealkylation sites (N-methyl/N-ethyl adjacent to an activating group) is 1. The molecule has 2 N–H and O–H groups in total. The van der Waals surface area contributed by atoms with E-state index >= 15 is 0 Å². The van der Waals surface area contributed by atoms with Crippen LogP contribution in [0.5, 0.6) is 5.75 Å². The number of fused-ring (bicyclic) bond motifs is 2. The molecule has 2 aliphatic rings. The van der Waals surface area contributed by atoms with E-state index in [0.29, 0.717) is 45.5 Å². The van der Waals surface area contributed by atoms with Crippen molar-refractivity contribution in [2.45, 2.75) is 25.8 Å². The fourth-order valence-electron chi connectivity index (χ4n) is 5.52. The molecule has 0 saturated carbocycles. The van der Waals surface area contributed by atoms with Crippen LogP contribution in [0.2, 0.25) is 0 Å². The van der Waals surface area contributed by atoms with Crippen LogP contribution in [0.3, 0.4) is 0 Å². The van der Waals surface area contributed by atoms with Gasteiger partial charge in [-0.15, -0.1) is 0 Å². The van der Waals surface area contributed by atoms with Gasteiger partial charge in [0.25, 0.3) is 11.8 Å².